The maximum absolute atomic E-state index is 10.6. The molecule has 0 unspecified atom stereocenters. The van der Waals surface area contributed by atoms with E-state index < -0.39 is 15.9 Å². The highest BCUT2D eigenvalue weighted by molar-refractivity contribution is 7.85. The van der Waals surface area contributed by atoms with Gasteiger partial charge in [-0.3, -0.25) is 4.55 Å². The molecule has 1 aromatic carbocycles. The fourth-order valence-electron chi connectivity index (χ4n) is 1.34. The van der Waals surface area contributed by atoms with E-state index in [0.717, 1.165) is 11.3 Å². The van der Waals surface area contributed by atoms with Crippen LogP contribution in [0.25, 0.3) is 0 Å². The van der Waals surface area contributed by atoms with Crippen molar-refractivity contribution in [2.24, 2.45) is 0 Å². The minimum absolute atomic E-state index is 0.404. The zero-order valence-electron chi connectivity index (χ0n) is 9.01. The lowest BCUT2D eigenvalue weighted by atomic mass is 10.1. The maximum Gasteiger partial charge on any atom is 0.268 e. The molecule has 88 valence electrons. The fraction of sp³-hybridized carbons (Fsp3) is 0.273. The van der Waals surface area contributed by atoms with Crippen molar-refractivity contribution in [2.45, 2.75) is 6.42 Å². The molecule has 0 saturated heterocycles. The number of methoxy groups -OCH3 is 1. The van der Waals surface area contributed by atoms with Crippen LogP contribution in [-0.4, -0.2) is 25.8 Å². The van der Waals surface area contributed by atoms with Crippen LogP contribution >= 0.6 is 0 Å². The van der Waals surface area contributed by atoms with Gasteiger partial charge in [-0.25, -0.2) is 0 Å². The number of hydrogen-bond donors (Lipinski definition) is 1. The summed E-state index contributed by atoms with van der Waals surface area (Å²) in [5, 5.41) is 0. The van der Waals surface area contributed by atoms with Gasteiger partial charge in [0.25, 0.3) is 10.1 Å². The van der Waals surface area contributed by atoms with Gasteiger partial charge in [-0.2, -0.15) is 8.42 Å². The van der Waals surface area contributed by atoms with Crippen LogP contribution in [-0.2, 0) is 16.5 Å². The lowest BCUT2D eigenvalue weighted by molar-refractivity contribution is 0.414. The smallest absolute Gasteiger partial charge is 0.268 e. The normalized spacial score (nSPS) is 11.1. The third kappa shape index (κ3) is 4.46. The highest BCUT2D eigenvalue weighted by Crippen LogP contribution is 2.14. The van der Waals surface area contributed by atoms with E-state index in [9.17, 15) is 8.42 Å². The first-order chi connectivity index (χ1) is 7.40. The highest BCUT2D eigenvalue weighted by Gasteiger charge is 2.08. The number of ether oxygens (including phenoxy) is 1. The molecule has 0 aliphatic heterocycles. The first-order valence-electron chi connectivity index (χ1n) is 4.65. The van der Waals surface area contributed by atoms with E-state index in [1.165, 1.54) is 0 Å². The zero-order chi connectivity index (χ0) is 12.2. The Bertz CT molecular complexity index is 459. The van der Waals surface area contributed by atoms with Gasteiger partial charge < -0.3 is 4.74 Å². The summed E-state index contributed by atoms with van der Waals surface area (Å²) in [5.41, 5.74) is 1.38. The van der Waals surface area contributed by atoms with Crippen LogP contribution in [0.5, 0.6) is 5.75 Å². The van der Waals surface area contributed by atoms with Gasteiger partial charge in [0, 0.05) is 0 Å². The lowest BCUT2D eigenvalue weighted by Gasteiger charge is -2.05. The van der Waals surface area contributed by atoms with Crippen molar-refractivity contribution in [2.75, 3.05) is 12.9 Å². The standard InChI is InChI=1S/C11H14O4S/c1-9(8-16(12,13)14)7-10-3-5-11(15-2)6-4-10/h3-6H,1,7-8H2,2H3,(H,12,13,14). The molecule has 4 nitrogen and oxygen atoms in total. The lowest BCUT2D eigenvalue weighted by Crippen LogP contribution is -2.07. The minimum Gasteiger partial charge on any atom is -0.497 e. The van der Waals surface area contributed by atoms with Crippen molar-refractivity contribution in [1.82, 2.24) is 0 Å². The molecule has 1 rings (SSSR count). The summed E-state index contributed by atoms with van der Waals surface area (Å²) in [6.45, 7) is 3.61. The third-order valence-electron chi connectivity index (χ3n) is 2.00. The molecule has 0 aliphatic rings. The number of hydrogen-bond acceptors (Lipinski definition) is 3. The van der Waals surface area contributed by atoms with E-state index in [1.54, 1.807) is 19.2 Å². The van der Waals surface area contributed by atoms with Crippen LogP contribution in [0.3, 0.4) is 0 Å². The van der Waals surface area contributed by atoms with Gasteiger partial charge in [0.15, 0.2) is 0 Å². The molecule has 0 fully saturated rings. The molecular formula is C11H14O4S. The number of rotatable bonds is 5. The summed E-state index contributed by atoms with van der Waals surface area (Å²) in [7, 11) is -2.40. The average Bonchev–Trinajstić information content (AvgIpc) is 2.16. The molecule has 0 aliphatic carbocycles. The molecule has 0 radical (unpaired) electrons. The Morgan fingerprint density at radius 2 is 1.94 bits per heavy atom. The molecule has 1 aromatic rings. The topological polar surface area (TPSA) is 63.6 Å². The molecule has 0 atom stereocenters. The van der Waals surface area contributed by atoms with Crippen LogP contribution < -0.4 is 4.74 Å². The van der Waals surface area contributed by atoms with Crippen LogP contribution in [0, 0.1) is 0 Å². The molecule has 0 bridgehead atoms. The first kappa shape index (κ1) is 12.7. The van der Waals surface area contributed by atoms with Crippen molar-refractivity contribution in [3.05, 3.63) is 42.0 Å². The molecule has 0 spiro atoms. The Kier molecular flexibility index (Phi) is 4.09. The first-order valence-corrected chi connectivity index (χ1v) is 6.26. The Hall–Kier alpha value is -1.33. The van der Waals surface area contributed by atoms with E-state index in [2.05, 4.69) is 6.58 Å². The highest BCUT2D eigenvalue weighted by atomic mass is 32.2. The van der Waals surface area contributed by atoms with Crippen molar-refractivity contribution in [3.8, 4) is 5.75 Å². The second kappa shape index (κ2) is 5.14. The minimum atomic E-state index is -3.98. The molecule has 0 saturated carbocycles. The van der Waals surface area contributed by atoms with Gasteiger partial charge in [0.1, 0.15) is 5.75 Å². The second-order valence-corrected chi connectivity index (χ2v) is 4.95. The van der Waals surface area contributed by atoms with E-state index in [4.69, 9.17) is 9.29 Å². The summed E-state index contributed by atoms with van der Waals surface area (Å²) >= 11 is 0. The third-order valence-corrected chi connectivity index (χ3v) is 2.77. The van der Waals surface area contributed by atoms with Gasteiger partial charge in [0.2, 0.25) is 0 Å². The quantitative estimate of drug-likeness (QED) is 0.630. The van der Waals surface area contributed by atoms with Crippen LogP contribution in [0.1, 0.15) is 5.56 Å². The zero-order valence-corrected chi connectivity index (χ0v) is 9.83. The van der Waals surface area contributed by atoms with E-state index >= 15 is 0 Å². The monoisotopic (exact) mass is 242 g/mol. The molecule has 0 heterocycles. The largest absolute Gasteiger partial charge is 0.497 e. The summed E-state index contributed by atoms with van der Waals surface area (Å²) in [5.74, 6) is 0.336. The SMILES string of the molecule is C=C(Cc1ccc(OC)cc1)CS(=O)(=O)O. The van der Waals surface area contributed by atoms with E-state index in [0.29, 0.717) is 12.0 Å². The van der Waals surface area contributed by atoms with Crippen molar-refractivity contribution in [3.63, 3.8) is 0 Å². The number of benzene rings is 1. The van der Waals surface area contributed by atoms with Crippen LogP contribution in [0.15, 0.2) is 36.4 Å². The maximum atomic E-state index is 10.6. The summed E-state index contributed by atoms with van der Waals surface area (Å²) < 4.78 is 34.9. The van der Waals surface area contributed by atoms with E-state index in [-0.39, 0.29) is 0 Å². The van der Waals surface area contributed by atoms with Crippen LogP contribution in [0.4, 0.5) is 0 Å². The molecule has 1 N–H and O–H groups in total. The molecule has 16 heavy (non-hydrogen) atoms. The molecule has 0 amide bonds. The second-order valence-electron chi connectivity index (χ2n) is 3.50. The predicted octanol–water partition coefficient (Wildman–Crippen LogP) is 1.68. The summed E-state index contributed by atoms with van der Waals surface area (Å²) in [6, 6.07) is 7.23. The Morgan fingerprint density at radius 3 is 2.38 bits per heavy atom. The van der Waals surface area contributed by atoms with E-state index in [1.807, 2.05) is 12.1 Å². The summed E-state index contributed by atoms with van der Waals surface area (Å²) in [6.07, 6.45) is 0.420. The van der Waals surface area contributed by atoms with Gasteiger partial charge in [-0.15, -0.1) is 0 Å². The Labute approximate surface area is 95.3 Å². The molecular weight excluding hydrogens is 228 g/mol. The fourth-order valence-corrected chi connectivity index (χ4v) is 1.96. The summed E-state index contributed by atoms with van der Waals surface area (Å²) in [4.78, 5) is 0. The Balaban J connectivity index is 2.63. The molecule has 5 heteroatoms. The van der Waals surface area contributed by atoms with Crippen LogP contribution in [0.2, 0.25) is 0 Å². The van der Waals surface area contributed by atoms with Crippen molar-refractivity contribution >= 4 is 10.1 Å². The van der Waals surface area contributed by atoms with Crippen molar-refractivity contribution < 1.29 is 17.7 Å². The average molecular weight is 242 g/mol. The van der Waals surface area contributed by atoms with Gasteiger partial charge in [0.05, 0.1) is 12.9 Å². The van der Waals surface area contributed by atoms with Gasteiger partial charge in [-0.05, 0) is 24.1 Å². The predicted molar refractivity (Wildman–Crippen MR) is 62.3 cm³/mol. The molecule has 0 aromatic heterocycles. The van der Waals surface area contributed by atoms with Gasteiger partial charge in [-0.1, -0.05) is 24.3 Å². The van der Waals surface area contributed by atoms with Crippen molar-refractivity contribution in [1.29, 1.82) is 0 Å². The van der Waals surface area contributed by atoms with Gasteiger partial charge >= 0.3 is 0 Å². The Morgan fingerprint density at radius 1 is 1.38 bits per heavy atom.